The number of rotatable bonds is 16. The molecule has 0 aliphatic rings. The van der Waals surface area contributed by atoms with Crippen LogP contribution in [0.2, 0.25) is 0 Å². The molecule has 25 heavy (non-hydrogen) atoms. The highest BCUT2D eigenvalue weighted by molar-refractivity contribution is 5.78. The van der Waals surface area contributed by atoms with Gasteiger partial charge in [0.05, 0.1) is 7.11 Å². The van der Waals surface area contributed by atoms with E-state index in [1.165, 1.54) is 71.8 Å². The van der Waals surface area contributed by atoms with Crippen LogP contribution in [-0.4, -0.2) is 25.2 Å². The summed E-state index contributed by atoms with van der Waals surface area (Å²) in [6, 6.07) is 0. The smallest absolute Gasteiger partial charge is 0.347 e. The van der Waals surface area contributed by atoms with E-state index in [1.807, 2.05) is 0 Å². The van der Waals surface area contributed by atoms with Crippen molar-refractivity contribution in [2.24, 2.45) is 0 Å². The number of unbranched alkanes of at least 4 members (excludes halogenated alkanes) is 10. The van der Waals surface area contributed by atoms with Crippen LogP contribution in [0, 0.1) is 0 Å². The van der Waals surface area contributed by atoms with E-state index in [-0.39, 0.29) is 0 Å². The molecule has 0 aromatic heterocycles. The summed E-state index contributed by atoms with van der Waals surface area (Å²) in [6.07, 6.45) is 19.0. The minimum atomic E-state index is -0.745. The van der Waals surface area contributed by atoms with Gasteiger partial charge in [0.1, 0.15) is 0 Å². The van der Waals surface area contributed by atoms with Crippen molar-refractivity contribution in [2.75, 3.05) is 7.11 Å². The predicted molar refractivity (Wildman–Crippen MR) is 102 cm³/mol. The molecule has 0 N–H and O–H groups in total. The van der Waals surface area contributed by atoms with Crippen LogP contribution in [0.15, 0.2) is 12.2 Å². The van der Waals surface area contributed by atoms with Crippen molar-refractivity contribution < 1.29 is 19.1 Å². The lowest BCUT2D eigenvalue weighted by molar-refractivity contribution is -0.165. The molecule has 1 unspecified atom stereocenters. The molecule has 146 valence electrons. The van der Waals surface area contributed by atoms with Crippen molar-refractivity contribution in [3.63, 3.8) is 0 Å². The highest BCUT2D eigenvalue weighted by Gasteiger charge is 2.21. The van der Waals surface area contributed by atoms with Crippen molar-refractivity contribution in [1.82, 2.24) is 0 Å². The van der Waals surface area contributed by atoms with Crippen molar-refractivity contribution in [2.45, 2.75) is 103 Å². The van der Waals surface area contributed by atoms with E-state index in [4.69, 9.17) is 4.74 Å². The van der Waals surface area contributed by atoms with Gasteiger partial charge in [-0.15, -0.1) is 0 Å². The Morgan fingerprint density at radius 2 is 1.36 bits per heavy atom. The average Bonchev–Trinajstić information content (AvgIpc) is 2.60. The Morgan fingerprint density at radius 3 is 1.88 bits per heavy atom. The molecule has 0 bridgehead atoms. The summed E-state index contributed by atoms with van der Waals surface area (Å²) < 4.78 is 9.66. The maximum atomic E-state index is 11.5. The first-order valence-electron chi connectivity index (χ1n) is 10.0. The van der Waals surface area contributed by atoms with E-state index in [0.29, 0.717) is 6.42 Å². The molecule has 0 rings (SSSR count). The quantitative estimate of drug-likeness (QED) is 0.201. The van der Waals surface area contributed by atoms with Gasteiger partial charge in [-0.1, -0.05) is 64.0 Å². The van der Waals surface area contributed by atoms with Gasteiger partial charge in [0.2, 0.25) is 0 Å². The molecule has 0 amide bonds. The third kappa shape index (κ3) is 15.9. The van der Waals surface area contributed by atoms with Gasteiger partial charge in [-0.2, -0.15) is 0 Å². The van der Waals surface area contributed by atoms with Crippen LogP contribution in [0.1, 0.15) is 97.3 Å². The van der Waals surface area contributed by atoms with Crippen molar-refractivity contribution in [1.29, 1.82) is 0 Å². The molecule has 0 aliphatic heterocycles. The highest BCUT2D eigenvalue weighted by Crippen LogP contribution is 2.13. The van der Waals surface area contributed by atoms with E-state index in [0.717, 1.165) is 19.3 Å². The molecular formula is C21H38O4. The Labute approximate surface area is 154 Å². The SMILES string of the molecule is CCCCCCC=CCCCCCCCCC(OC(C)=O)C(=O)OC. The molecular weight excluding hydrogens is 316 g/mol. The van der Waals surface area contributed by atoms with Crippen molar-refractivity contribution in [3.8, 4) is 0 Å². The number of methoxy groups -OCH3 is 1. The first-order chi connectivity index (χ1) is 12.1. The van der Waals surface area contributed by atoms with Gasteiger partial charge < -0.3 is 9.47 Å². The third-order valence-electron chi connectivity index (χ3n) is 4.25. The second kappa shape index (κ2) is 17.5. The summed E-state index contributed by atoms with van der Waals surface area (Å²) in [6.45, 7) is 3.56. The summed E-state index contributed by atoms with van der Waals surface area (Å²) in [5, 5.41) is 0. The van der Waals surface area contributed by atoms with Crippen molar-refractivity contribution >= 4 is 11.9 Å². The van der Waals surface area contributed by atoms with E-state index < -0.39 is 18.0 Å². The van der Waals surface area contributed by atoms with E-state index >= 15 is 0 Å². The zero-order chi connectivity index (χ0) is 18.8. The fourth-order valence-electron chi connectivity index (χ4n) is 2.78. The van der Waals surface area contributed by atoms with Crippen LogP contribution in [0.25, 0.3) is 0 Å². The number of ether oxygens (including phenoxy) is 2. The Morgan fingerprint density at radius 1 is 0.840 bits per heavy atom. The monoisotopic (exact) mass is 354 g/mol. The maximum Gasteiger partial charge on any atom is 0.347 e. The summed E-state index contributed by atoms with van der Waals surface area (Å²) in [4.78, 5) is 22.5. The average molecular weight is 355 g/mol. The number of carbonyl (C=O) groups excluding carboxylic acids is 2. The highest BCUT2D eigenvalue weighted by atomic mass is 16.6. The van der Waals surface area contributed by atoms with Gasteiger partial charge in [-0.25, -0.2) is 4.79 Å². The van der Waals surface area contributed by atoms with Gasteiger partial charge in [0.15, 0.2) is 6.10 Å². The third-order valence-corrected chi connectivity index (χ3v) is 4.25. The number of esters is 2. The van der Waals surface area contributed by atoms with E-state index in [2.05, 4.69) is 23.8 Å². The molecule has 0 fully saturated rings. The van der Waals surface area contributed by atoms with Crippen LogP contribution < -0.4 is 0 Å². The number of carbonyl (C=O) groups is 2. The van der Waals surface area contributed by atoms with Crippen molar-refractivity contribution in [3.05, 3.63) is 12.2 Å². The molecule has 0 saturated heterocycles. The molecule has 0 aromatic rings. The van der Waals surface area contributed by atoms with Gasteiger partial charge in [-0.05, 0) is 38.5 Å². The Balaban J connectivity index is 3.49. The molecule has 0 saturated carbocycles. The van der Waals surface area contributed by atoms with Gasteiger partial charge in [-0.3, -0.25) is 4.79 Å². The van der Waals surface area contributed by atoms with Crippen LogP contribution in [0.4, 0.5) is 0 Å². The molecule has 0 aliphatic carbocycles. The minimum Gasteiger partial charge on any atom is -0.466 e. The van der Waals surface area contributed by atoms with E-state index in [1.54, 1.807) is 0 Å². The lowest BCUT2D eigenvalue weighted by Crippen LogP contribution is -2.27. The Bertz CT molecular complexity index is 363. The standard InChI is InChI=1S/C21H38O4/c1-4-5-6-7-8-9-10-11-12-13-14-15-16-17-18-20(21(23)24-3)25-19(2)22/h9-10,20H,4-8,11-18H2,1-3H3. The zero-order valence-electron chi connectivity index (χ0n) is 16.6. The minimum absolute atomic E-state index is 0.436. The van der Waals surface area contributed by atoms with Gasteiger partial charge >= 0.3 is 11.9 Å². The summed E-state index contributed by atoms with van der Waals surface area (Å²) >= 11 is 0. The second-order valence-electron chi connectivity index (χ2n) is 6.64. The maximum absolute atomic E-state index is 11.5. The lowest BCUT2D eigenvalue weighted by Gasteiger charge is -2.14. The topological polar surface area (TPSA) is 52.6 Å². The van der Waals surface area contributed by atoms with E-state index in [9.17, 15) is 9.59 Å². The largest absolute Gasteiger partial charge is 0.466 e. The Kier molecular flexibility index (Phi) is 16.6. The van der Waals surface area contributed by atoms with Crippen LogP contribution in [0.3, 0.4) is 0 Å². The van der Waals surface area contributed by atoms with Crippen LogP contribution in [0.5, 0.6) is 0 Å². The second-order valence-corrected chi connectivity index (χ2v) is 6.64. The molecule has 0 aromatic carbocycles. The number of allylic oxidation sites excluding steroid dienone is 2. The molecule has 1 atom stereocenters. The fraction of sp³-hybridized carbons (Fsp3) is 0.810. The lowest BCUT2D eigenvalue weighted by atomic mass is 10.1. The fourth-order valence-corrected chi connectivity index (χ4v) is 2.78. The molecule has 0 heterocycles. The number of hydrogen-bond donors (Lipinski definition) is 0. The summed E-state index contributed by atoms with van der Waals surface area (Å²) in [5.74, 6) is -0.898. The van der Waals surface area contributed by atoms with Crippen LogP contribution in [-0.2, 0) is 19.1 Å². The molecule has 0 spiro atoms. The molecule has 0 radical (unpaired) electrons. The first-order valence-corrected chi connectivity index (χ1v) is 10.0. The zero-order valence-corrected chi connectivity index (χ0v) is 16.6. The predicted octanol–water partition coefficient (Wildman–Crippen LogP) is 5.74. The van der Waals surface area contributed by atoms with Gasteiger partial charge in [0, 0.05) is 6.92 Å². The number of hydrogen-bond acceptors (Lipinski definition) is 4. The Hall–Kier alpha value is -1.32. The van der Waals surface area contributed by atoms with Gasteiger partial charge in [0.25, 0.3) is 0 Å². The summed E-state index contributed by atoms with van der Waals surface area (Å²) in [7, 11) is 1.32. The molecule has 4 nitrogen and oxygen atoms in total. The molecule has 4 heteroatoms. The van der Waals surface area contributed by atoms with Crippen LogP contribution >= 0.6 is 0 Å². The normalized spacial score (nSPS) is 12.3. The summed E-state index contributed by atoms with van der Waals surface area (Å²) in [5.41, 5.74) is 0. The first kappa shape index (κ1) is 23.7.